The van der Waals surface area contributed by atoms with Crippen LogP contribution in [0.3, 0.4) is 0 Å². The highest BCUT2D eigenvalue weighted by molar-refractivity contribution is 7.94. The molecule has 1 aromatic heterocycles. The van der Waals surface area contributed by atoms with Gasteiger partial charge in [0.05, 0.1) is 10.6 Å². The summed E-state index contributed by atoms with van der Waals surface area (Å²) in [6.07, 6.45) is 2.49. The molecule has 154 valence electrons. The standard InChI is InChI=1S/C20H22FN3O4S/c1-23-10-12-24(13-11-23)20(25)15-28-16-4-6-17(7-5-16)29(26,27)14-8-19-18(21)3-2-9-22-19/h2-9,14H,10-13,15H2,1H3. The highest BCUT2D eigenvalue weighted by atomic mass is 32.2. The number of likely N-dealkylation sites (N-methyl/N-ethyl adjacent to an activating group) is 1. The molecule has 1 aliphatic heterocycles. The number of hydrogen-bond acceptors (Lipinski definition) is 6. The van der Waals surface area contributed by atoms with Gasteiger partial charge < -0.3 is 14.5 Å². The van der Waals surface area contributed by atoms with Gasteiger partial charge in [0.15, 0.2) is 16.4 Å². The maximum Gasteiger partial charge on any atom is 0.260 e. The van der Waals surface area contributed by atoms with Crippen LogP contribution in [0.1, 0.15) is 5.69 Å². The summed E-state index contributed by atoms with van der Waals surface area (Å²) in [6.45, 7) is 2.88. The summed E-state index contributed by atoms with van der Waals surface area (Å²) in [4.78, 5) is 19.9. The number of sulfone groups is 1. The zero-order valence-electron chi connectivity index (χ0n) is 16.0. The maximum absolute atomic E-state index is 13.6. The summed E-state index contributed by atoms with van der Waals surface area (Å²) in [5, 5.41) is 0.908. The van der Waals surface area contributed by atoms with Crippen LogP contribution in [0.4, 0.5) is 4.39 Å². The number of carbonyl (C=O) groups is 1. The van der Waals surface area contributed by atoms with E-state index in [0.29, 0.717) is 18.8 Å². The quantitative estimate of drug-likeness (QED) is 0.711. The van der Waals surface area contributed by atoms with Crippen LogP contribution in [0.15, 0.2) is 52.9 Å². The number of benzene rings is 1. The largest absolute Gasteiger partial charge is 0.484 e. The Bertz CT molecular complexity index is 985. The van der Waals surface area contributed by atoms with Gasteiger partial charge in [-0.3, -0.25) is 9.78 Å². The van der Waals surface area contributed by atoms with Gasteiger partial charge in [-0.2, -0.15) is 0 Å². The lowest BCUT2D eigenvalue weighted by molar-refractivity contribution is -0.134. The Morgan fingerprint density at radius 3 is 2.52 bits per heavy atom. The SMILES string of the molecule is CN1CCN(C(=O)COc2ccc(S(=O)(=O)C=Cc3ncccc3F)cc2)CC1. The van der Waals surface area contributed by atoms with Crippen molar-refractivity contribution in [1.82, 2.24) is 14.8 Å². The molecule has 0 atom stereocenters. The van der Waals surface area contributed by atoms with Crippen LogP contribution in [0, 0.1) is 5.82 Å². The number of amides is 1. The number of ether oxygens (including phenoxy) is 1. The molecule has 0 unspecified atom stereocenters. The molecule has 2 heterocycles. The van der Waals surface area contributed by atoms with Crippen molar-refractivity contribution < 1.29 is 22.3 Å². The third-order valence-corrected chi connectivity index (χ3v) is 5.99. The maximum atomic E-state index is 13.6. The summed E-state index contributed by atoms with van der Waals surface area (Å²) >= 11 is 0. The van der Waals surface area contributed by atoms with Gasteiger partial charge in [0.2, 0.25) is 0 Å². The van der Waals surface area contributed by atoms with E-state index in [1.54, 1.807) is 4.90 Å². The lowest BCUT2D eigenvalue weighted by Crippen LogP contribution is -2.48. The summed E-state index contributed by atoms with van der Waals surface area (Å²) in [5.74, 6) is -0.311. The first-order chi connectivity index (χ1) is 13.8. The highest BCUT2D eigenvalue weighted by Crippen LogP contribution is 2.19. The van der Waals surface area contributed by atoms with E-state index < -0.39 is 15.7 Å². The first-order valence-corrected chi connectivity index (χ1v) is 10.6. The molecule has 2 aromatic rings. The van der Waals surface area contributed by atoms with Gasteiger partial charge in [0, 0.05) is 37.8 Å². The fourth-order valence-electron chi connectivity index (χ4n) is 2.77. The van der Waals surface area contributed by atoms with Gasteiger partial charge >= 0.3 is 0 Å². The normalized spacial score (nSPS) is 15.6. The Labute approximate surface area is 169 Å². The van der Waals surface area contributed by atoms with Crippen LogP contribution in [0.25, 0.3) is 6.08 Å². The monoisotopic (exact) mass is 419 g/mol. The first-order valence-electron chi connectivity index (χ1n) is 9.08. The molecule has 1 aliphatic rings. The van der Waals surface area contributed by atoms with Crippen LogP contribution in [-0.4, -0.2) is 68.9 Å². The lowest BCUT2D eigenvalue weighted by atomic mass is 10.3. The average molecular weight is 419 g/mol. The van der Waals surface area contributed by atoms with Crippen molar-refractivity contribution in [3.05, 3.63) is 59.5 Å². The van der Waals surface area contributed by atoms with E-state index in [4.69, 9.17) is 4.74 Å². The Morgan fingerprint density at radius 2 is 1.86 bits per heavy atom. The molecular formula is C20H22FN3O4S. The number of nitrogens with zero attached hydrogens (tertiary/aromatic N) is 3. The molecule has 0 bridgehead atoms. The molecule has 9 heteroatoms. The molecule has 1 fully saturated rings. The third kappa shape index (κ3) is 5.61. The van der Waals surface area contributed by atoms with Gasteiger partial charge in [-0.15, -0.1) is 0 Å². The second-order valence-electron chi connectivity index (χ2n) is 6.66. The Morgan fingerprint density at radius 1 is 1.17 bits per heavy atom. The predicted molar refractivity (Wildman–Crippen MR) is 106 cm³/mol. The summed E-state index contributed by atoms with van der Waals surface area (Å²) in [7, 11) is -1.76. The molecule has 1 amide bonds. The van der Waals surface area contributed by atoms with Crippen LogP contribution in [-0.2, 0) is 14.6 Å². The van der Waals surface area contributed by atoms with Gasteiger partial charge in [-0.25, -0.2) is 12.8 Å². The van der Waals surface area contributed by atoms with E-state index in [1.807, 2.05) is 7.05 Å². The van der Waals surface area contributed by atoms with Crippen LogP contribution >= 0.6 is 0 Å². The zero-order chi connectivity index (χ0) is 20.9. The summed E-state index contributed by atoms with van der Waals surface area (Å²) < 4.78 is 43.8. The fraction of sp³-hybridized carbons (Fsp3) is 0.300. The molecule has 0 spiro atoms. The fourth-order valence-corrected chi connectivity index (χ4v) is 3.75. The number of pyridine rings is 1. The Kier molecular flexibility index (Phi) is 6.60. The molecule has 0 saturated carbocycles. The van der Waals surface area contributed by atoms with Crippen molar-refractivity contribution in [3.63, 3.8) is 0 Å². The minimum atomic E-state index is -3.77. The van der Waals surface area contributed by atoms with E-state index in [1.165, 1.54) is 42.6 Å². The number of aromatic nitrogens is 1. The molecule has 0 radical (unpaired) electrons. The predicted octanol–water partition coefficient (Wildman–Crippen LogP) is 1.82. The minimum Gasteiger partial charge on any atom is -0.484 e. The summed E-state index contributed by atoms with van der Waals surface area (Å²) in [5.41, 5.74) is -0.0570. The van der Waals surface area contributed by atoms with Crippen molar-refractivity contribution >= 4 is 21.8 Å². The average Bonchev–Trinajstić information content (AvgIpc) is 2.72. The molecule has 0 N–H and O–H groups in total. The van der Waals surface area contributed by atoms with E-state index in [0.717, 1.165) is 24.6 Å². The highest BCUT2D eigenvalue weighted by Gasteiger charge is 2.19. The molecule has 3 rings (SSSR count). The summed E-state index contributed by atoms with van der Waals surface area (Å²) in [6, 6.07) is 8.36. The Hall–Kier alpha value is -2.78. The van der Waals surface area contributed by atoms with Crippen LogP contribution in [0.2, 0.25) is 0 Å². The van der Waals surface area contributed by atoms with Crippen LogP contribution < -0.4 is 4.74 Å². The van der Waals surface area contributed by atoms with Crippen molar-refractivity contribution in [2.75, 3.05) is 39.8 Å². The van der Waals surface area contributed by atoms with E-state index in [2.05, 4.69) is 9.88 Å². The topological polar surface area (TPSA) is 79.8 Å². The van der Waals surface area contributed by atoms with Gasteiger partial charge in [-0.1, -0.05) is 0 Å². The number of piperazine rings is 1. The number of rotatable bonds is 6. The molecule has 29 heavy (non-hydrogen) atoms. The van der Waals surface area contributed by atoms with Crippen molar-refractivity contribution in [1.29, 1.82) is 0 Å². The molecule has 1 saturated heterocycles. The Balaban J connectivity index is 1.59. The molecular weight excluding hydrogens is 397 g/mol. The van der Waals surface area contributed by atoms with E-state index >= 15 is 0 Å². The van der Waals surface area contributed by atoms with Crippen molar-refractivity contribution in [2.45, 2.75) is 4.90 Å². The minimum absolute atomic E-state index is 0.0304. The van der Waals surface area contributed by atoms with Crippen LogP contribution in [0.5, 0.6) is 5.75 Å². The van der Waals surface area contributed by atoms with Gasteiger partial charge in [-0.05, 0) is 49.5 Å². The molecule has 1 aromatic carbocycles. The lowest BCUT2D eigenvalue weighted by Gasteiger charge is -2.32. The second-order valence-corrected chi connectivity index (χ2v) is 8.50. The number of carbonyl (C=O) groups excluding carboxylic acids is 1. The smallest absolute Gasteiger partial charge is 0.260 e. The van der Waals surface area contributed by atoms with Gasteiger partial charge in [0.25, 0.3) is 5.91 Å². The van der Waals surface area contributed by atoms with Crippen molar-refractivity contribution in [2.24, 2.45) is 0 Å². The zero-order valence-corrected chi connectivity index (χ0v) is 16.8. The third-order valence-electron chi connectivity index (χ3n) is 4.56. The second kappa shape index (κ2) is 9.15. The van der Waals surface area contributed by atoms with E-state index in [9.17, 15) is 17.6 Å². The first kappa shape index (κ1) is 20.9. The van der Waals surface area contributed by atoms with Crippen molar-refractivity contribution in [3.8, 4) is 5.75 Å². The molecule has 0 aliphatic carbocycles. The van der Waals surface area contributed by atoms with E-state index in [-0.39, 0.29) is 23.1 Å². The number of halogens is 1. The number of hydrogen-bond donors (Lipinski definition) is 0. The molecule has 7 nitrogen and oxygen atoms in total. The van der Waals surface area contributed by atoms with Gasteiger partial charge in [0.1, 0.15) is 11.6 Å².